The molecular weight excluding hydrogens is 300 g/mol. The lowest BCUT2D eigenvalue weighted by Crippen LogP contribution is -1.95. The smallest absolute Gasteiger partial charge is 0.237 e. The van der Waals surface area contributed by atoms with Crippen molar-refractivity contribution in [3.8, 4) is 11.8 Å². The average molecular weight is 313 g/mol. The van der Waals surface area contributed by atoms with Gasteiger partial charge in [0.2, 0.25) is 5.78 Å². The van der Waals surface area contributed by atoms with Crippen molar-refractivity contribution in [3.05, 3.63) is 69.7 Å². The standard InChI is InChI=1S/C17H13BrO/c1-2-13-7-9-14(10-8-13)11-12-17(19)15-5-3-4-6-16(15)18/h3-10H,2H2,1H3. The zero-order chi connectivity index (χ0) is 13.7. The van der Waals surface area contributed by atoms with Gasteiger partial charge < -0.3 is 0 Å². The molecule has 0 aliphatic carbocycles. The Labute approximate surface area is 121 Å². The number of benzene rings is 2. The molecule has 2 aromatic rings. The number of rotatable bonds is 2. The first-order chi connectivity index (χ1) is 9.20. The molecule has 94 valence electrons. The van der Waals surface area contributed by atoms with Crippen molar-refractivity contribution in [2.24, 2.45) is 0 Å². The zero-order valence-corrected chi connectivity index (χ0v) is 12.2. The van der Waals surface area contributed by atoms with E-state index >= 15 is 0 Å². The van der Waals surface area contributed by atoms with Crippen molar-refractivity contribution >= 4 is 21.7 Å². The van der Waals surface area contributed by atoms with Gasteiger partial charge in [-0.2, -0.15) is 0 Å². The maximum absolute atomic E-state index is 12.0. The highest BCUT2D eigenvalue weighted by molar-refractivity contribution is 9.10. The fraction of sp³-hybridized carbons (Fsp3) is 0.118. The highest BCUT2D eigenvalue weighted by Gasteiger charge is 2.05. The molecule has 0 unspecified atom stereocenters. The SMILES string of the molecule is CCc1ccc(C#CC(=O)c2ccccc2Br)cc1. The van der Waals surface area contributed by atoms with E-state index in [2.05, 4.69) is 34.7 Å². The molecule has 0 spiro atoms. The van der Waals surface area contributed by atoms with Crippen LogP contribution in [-0.4, -0.2) is 5.78 Å². The predicted octanol–water partition coefficient (Wildman–Crippen LogP) is 4.25. The Morgan fingerprint density at radius 2 is 1.79 bits per heavy atom. The molecule has 19 heavy (non-hydrogen) atoms. The first-order valence-electron chi connectivity index (χ1n) is 6.10. The number of halogens is 1. The number of hydrogen-bond donors (Lipinski definition) is 0. The molecule has 0 aliphatic rings. The molecule has 0 aliphatic heterocycles. The summed E-state index contributed by atoms with van der Waals surface area (Å²) in [5.41, 5.74) is 2.72. The van der Waals surface area contributed by atoms with Crippen LogP contribution < -0.4 is 0 Å². The van der Waals surface area contributed by atoms with Crippen molar-refractivity contribution in [3.63, 3.8) is 0 Å². The Hall–Kier alpha value is -1.85. The highest BCUT2D eigenvalue weighted by atomic mass is 79.9. The second kappa shape index (κ2) is 6.36. The van der Waals surface area contributed by atoms with Crippen LogP contribution in [0.3, 0.4) is 0 Å². The van der Waals surface area contributed by atoms with E-state index < -0.39 is 0 Å². The van der Waals surface area contributed by atoms with Gasteiger partial charge in [0.15, 0.2) is 0 Å². The summed E-state index contributed by atoms with van der Waals surface area (Å²) in [5.74, 6) is 5.40. The molecule has 0 radical (unpaired) electrons. The third-order valence-electron chi connectivity index (χ3n) is 2.80. The van der Waals surface area contributed by atoms with Crippen molar-refractivity contribution in [2.45, 2.75) is 13.3 Å². The van der Waals surface area contributed by atoms with E-state index in [4.69, 9.17) is 0 Å². The largest absolute Gasteiger partial charge is 0.279 e. The number of hydrogen-bond acceptors (Lipinski definition) is 1. The summed E-state index contributed by atoms with van der Waals surface area (Å²) in [5, 5.41) is 0. The molecule has 0 aromatic heterocycles. The Morgan fingerprint density at radius 1 is 1.11 bits per heavy atom. The second-order valence-electron chi connectivity index (χ2n) is 4.11. The molecule has 2 rings (SSSR count). The molecule has 1 nitrogen and oxygen atoms in total. The molecule has 0 bridgehead atoms. The quantitative estimate of drug-likeness (QED) is 0.598. The summed E-state index contributed by atoms with van der Waals surface area (Å²) in [7, 11) is 0. The first kappa shape index (κ1) is 13.6. The van der Waals surface area contributed by atoms with Crippen LogP contribution in [0.25, 0.3) is 0 Å². The molecule has 0 saturated carbocycles. The third-order valence-corrected chi connectivity index (χ3v) is 3.49. The number of carbonyl (C=O) groups excluding carboxylic acids is 1. The predicted molar refractivity (Wildman–Crippen MR) is 81.2 cm³/mol. The van der Waals surface area contributed by atoms with E-state index in [-0.39, 0.29) is 5.78 Å². The summed E-state index contributed by atoms with van der Waals surface area (Å²) in [6, 6.07) is 15.3. The zero-order valence-electron chi connectivity index (χ0n) is 10.6. The van der Waals surface area contributed by atoms with Gasteiger partial charge in [-0.3, -0.25) is 4.79 Å². The molecule has 0 amide bonds. The monoisotopic (exact) mass is 312 g/mol. The summed E-state index contributed by atoms with van der Waals surface area (Å²) in [6.07, 6.45) is 1.00. The Kier molecular flexibility index (Phi) is 4.54. The maximum atomic E-state index is 12.0. The van der Waals surface area contributed by atoms with Gasteiger partial charge in [-0.15, -0.1) is 0 Å². The lowest BCUT2D eigenvalue weighted by atomic mass is 10.1. The fourth-order valence-electron chi connectivity index (χ4n) is 1.67. The van der Waals surface area contributed by atoms with E-state index in [1.54, 1.807) is 6.07 Å². The Morgan fingerprint density at radius 3 is 2.42 bits per heavy atom. The first-order valence-corrected chi connectivity index (χ1v) is 6.90. The molecule has 0 N–H and O–H groups in total. The third kappa shape index (κ3) is 3.56. The van der Waals surface area contributed by atoms with Crippen molar-refractivity contribution in [2.75, 3.05) is 0 Å². The molecule has 0 saturated heterocycles. The number of aryl methyl sites for hydroxylation is 1. The highest BCUT2D eigenvalue weighted by Crippen LogP contribution is 2.16. The number of ketones is 1. The van der Waals surface area contributed by atoms with E-state index in [9.17, 15) is 4.79 Å². The van der Waals surface area contributed by atoms with Crippen LogP contribution in [0, 0.1) is 11.8 Å². The summed E-state index contributed by atoms with van der Waals surface area (Å²) in [4.78, 5) is 12.0. The minimum absolute atomic E-state index is 0.174. The van der Waals surface area contributed by atoms with E-state index in [1.807, 2.05) is 42.5 Å². The van der Waals surface area contributed by atoms with Crippen molar-refractivity contribution in [1.29, 1.82) is 0 Å². The number of carbonyl (C=O) groups is 1. The van der Waals surface area contributed by atoms with Gasteiger partial charge >= 0.3 is 0 Å². The van der Waals surface area contributed by atoms with Gasteiger partial charge in [-0.05, 0) is 42.2 Å². The Bertz CT molecular complexity index is 645. The maximum Gasteiger partial charge on any atom is 0.237 e. The van der Waals surface area contributed by atoms with Crippen LogP contribution >= 0.6 is 15.9 Å². The topological polar surface area (TPSA) is 17.1 Å². The van der Waals surface area contributed by atoms with Gasteiger partial charge in [0.1, 0.15) is 0 Å². The van der Waals surface area contributed by atoms with Crippen LogP contribution in [-0.2, 0) is 6.42 Å². The van der Waals surface area contributed by atoms with Gasteiger partial charge in [-0.1, -0.05) is 53.0 Å². The van der Waals surface area contributed by atoms with Gasteiger partial charge in [0, 0.05) is 15.6 Å². The summed E-state index contributed by atoms with van der Waals surface area (Å²) in [6.45, 7) is 2.11. The van der Waals surface area contributed by atoms with E-state index in [0.717, 1.165) is 16.5 Å². The number of Topliss-reactive ketones (excluding diaryl/α,β-unsaturated/α-hetero) is 1. The lowest BCUT2D eigenvalue weighted by Gasteiger charge is -1.97. The second-order valence-corrected chi connectivity index (χ2v) is 4.96. The van der Waals surface area contributed by atoms with Crippen molar-refractivity contribution < 1.29 is 4.79 Å². The van der Waals surface area contributed by atoms with Gasteiger partial charge in [0.05, 0.1) is 0 Å². The van der Waals surface area contributed by atoms with Crippen LogP contribution in [0.2, 0.25) is 0 Å². The molecule has 0 fully saturated rings. The van der Waals surface area contributed by atoms with E-state index in [0.29, 0.717) is 5.56 Å². The molecule has 2 heteroatoms. The van der Waals surface area contributed by atoms with Crippen molar-refractivity contribution in [1.82, 2.24) is 0 Å². The molecular formula is C17H13BrO. The van der Waals surface area contributed by atoms with Crippen LogP contribution in [0.15, 0.2) is 53.0 Å². The summed E-state index contributed by atoms with van der Waals surface area (Å²) < 4.78 is 0.774. The van der Waals surface area contributed by atoms with Gasteiger partial charge in [0.25, 0.3) is 0 Å². The van der Waals surface area contributed by atoms with Crippen LogP contribution in [0.1, 0.15) is 28.4 Å². The van der Waals surface area contributed by atoms with Crippen LogP contribution in [0.4, 0.5) is 0 Å². The minimum Gasteiger partial charge on any atom is -0.279 e. The molecule has 2 aromatic carbocycles. The molecule has 0 heterocycles. The fourth-order valence-corrected chi connectivity index (χ4v) is 2.13. The van der Waals surface area contributed by atoms with Gasteiger partial charge in [-0.25, -0.2) is 0 Å². The van der Waals surface area contributed by atoms with Crippen LogP contribution in [0.5, 0.6) is 0 Å². The Balaban J connectivity index is 2.19. The lowest BCUT2D eigenvalue weighted by molar-refractivity contribution is 0.105. The minimum atomic E-state index is -0.174. The van der Waals surface area contributed by atoms with E-state index in [1.165, 1.54) is 5.56 Å². The summed E-state index contributed by atoms with van der Waals surface area (Å²) >= 11 is 3.35. The molecule has 0 atom stereocenters. The average Bonchev–Trinajstić information content (AvgIpc) is 2.46. The normalized spacial score (nSPS) is 9.58.